The Labute approximate surface area is 179 Å². The van der Waals surface area contributed by atoms with Crippen LogP contribution in [-0.4, -0.2) is 6.36 Å². The summed E-state index contributed by atoms with van der Waals surface area (Å²) in [4.78, 5) is 0. The molecule has 0 spiro atoms. The van der Waals surface area contributed by atoms with E-state index in [9.17, 15) is 43.9 Å². The Morgan fingerprint density at radius 2 is 1.18 bits per heavy atom. The van der Waals surface area contributed by atoms with Gasteiger partial charge in [-0.1, -0.05) is 0 Å². The minimum absolute atomic E-state index is 0.0796. The molecule has 0 radical (unpaired) electrons. The van der Waals surface area contributed by atoms with Crippen LogP contribution >= 0.6 is 0 Å². The van der Waals surface area contributed by atoms with Crippen molar-refractivity contribution in [2.75, 3.05) is 0 Å². The highest BCUT2D eigenvalue weighted by atomic mass is 19.4. The van der Waals surface area contributed by atoms with Gasteiger partial charge in [0.2, 0.25) is 0 Å². The van der Waals surface area contributed by atoms with E-state index >= 15 is 0 Å². The maximum absolute atomic E-state index is 14.4. The highest BCUT2D eigenvalue weighted by Gasteiger charge is 2.42. The lowest BCUT2D eigenvalue weighted by Crippen LogP contribution is -2.25. The van der Waals surface area contributed by atoms with Gasteiger partial charge in [-0.05, 0) is 54.4 Å². The second kappa shape index (κ2) is 8.49. The zero-order valence-electron chi connectivity index (χ0n) is 16.1. The van der Waals surface area contributed by atoms with Crippen molar-refractivity contribution in [2.24, 2.45) is 0 Å². The number of hydrogen-bond acceptors (Lipinski definition) is 2. The Hall–Kier alpha value is -3.44. The smallest absolute Gasteiger partial charge is 0.429 e. The lowest BCUT2D eigenvalue weighted by atomic mass is 10.00. The molecule has 176 valence electrons. The predicted molar refractivity (Wildman–Crippen MR) is 94.1 cm³/mol. The van der Waals surface area contributed by atoms with Crippen LogP contribution in [0.3, 0.4) is 0 Å². The van der Waals surface area contributed by atoms with Crippen LogP contribution in [0.2, 0.25) is 0 Å². The first-order chi connectivity index (χ1) is 15.2. The summed E-state index contributed by atoms with van der Waals surface area (Å²) in [6.45, 7) is 1.35. The van der Waals surface area contributed by atoms with Crippen LogP contribution in [0.15, 0.2) is 42.5 Å². The third kappa shape index (κ3) is 5.32. The van der Waals surface area contributed by atoms with Crippen LogP contribution < -0.4 is 9.47 Å². The van der Waals surface area contributed by atoms with Crippen LogP contribution in [0.4, 0.5) is 43.9 Å². The Bertz CT molecular complexity index is 1160. The first-order valence-corrected chi connectivity index (χ1v) is 8.75. The molecule has 0 saturated heterocycles. The molecule has 0 unspecified atom stereocenters. The normalized spacial score (nSPS) is 12.1. The van der Waals surface area contributed by atoms with Gasteiger partial charge in [-0.25, -0.2) is 22.0 Å². The standard InChI is InChI=1S/C21H10F10O2/c1-9-4-13(23)18(14(24)5-9)10-6-15(25)19(16(26)7-10)20(27,28)32-11-2-3-17(12(22)8-11)33-21(29,30)31/h2-8H,1H3. The SMILES string of the molecule is Cc1cc(F)c(-c2cc(F)c(C(F)(F)Oc3ccc(OC(F)(F)F)c(F)c3)c(F)c2)c(F)c1. The van der Waals surface area contributed by atoms with Crippen LogP contribution in [0.25, 0.3) is 11.1 Å². The fraction of sp³-hybridized carbons (Fsp3) is 0.143. The summed E-state index contributed by atoms with van der Waals surface area (Å²) in [5.41, 5.74) is -3.41. The van der Waals surface area contributed by atoms with Crippen molar-refractivity contribution in [3.8, 4) is 22.6 Å². The van der Waals surface area contributed by atoms with Crippen LogP contribution in [0.5, 0.6) is 11.5 Å². The summed E-state index contributed by atoms with van der Waals surface area (Å²) in [5, 5.41) is 0. The first kappa shape index (κ1) is 24.2. The molecule has 3 rings (SSSR count). The maximum Gasteiger partial charge on any atom is 0.573 e. The molecule has 0 aliphatic heterocycles. The van der Waals surface area contributed by atoms with E-state index in [1.165, 1.54) is 6.92 Å². The van der Waals surface area contributed by atoms with E-state index in [1.807, 2.05) is 0 Å². The highest BCUT2D eigenvalue weighted by Crippen LogP contribution is 2.39. The Balaban J connectivity index is 1.95. The summed E-state index contributed by atoms with van der Waals surface area (Å²) in [6, 6.07) is 3.05. The van der Waals surface area contributed by atoms with E-state index in [2.05, 4.69) is 9.47 Å². The summed E-state index contributed by atoms with van der Waals surface area (Å²) in [7, 11) is 0. The molecule has 0 N–H and O–H groups in total. The average molecular weight is 484 g/mol. The lowest BCUT2D eigenvalue weighted by Gasteiger charge is -2.20. The molecule has 0 atom stereocenters. The van der Waals surface area contributed by atoms with Gasteiger partial charge in [0.15, 0.2) is 11.6 Å². The molecule has 0 aliphatic rings. The molecule has 3 aromatic rings. The Kier molecular flexibility index (Phi) is 6.22. The van der Waals surface area contributed by atoms with Crippen molar-refractivity contribution >= 4 is 0 Å². The predicted octanol–water partition coefficient (Wildman–Crippen LogP) is 7.38. The molecule has 0 amide bonds. The number of hydrogen-bond donors (Lipinski definition) is 0. The lowest BCUT2D eigenvalue weighted by molar-refractivity contribution is -0.275. The largest absolute Gasteiger partial charge is 0.573 e. The van der Waals surface area contributed by atoms with E-state index in [4.69, 9.17) is 0 Å². The quantitative estimate of drug-likeness (QED) is 0.352. The van der Waals surface area contributed by atoms with Crippen molar-refractivity contribution in [3.63, 3.8) is 0 Å². The van der Waals surface area contributed by atoms with E-state index in [0.717, 1.165) is 12.1 Å². The fourth-order valence-corrected chi connectivity index (χ4v) is 2.92. The van der Waals surface area contributed by atoms with Crippen LogP contribution in [-0.2, 0) is 6.11 Å². The second-order valence-electron chi connectivity index (χ2n) is 6.68. The molecule has 0 saturated carbocycles. The molecule has 0 aliphatic carbocycles. The van der Waals surface area contributed by atoms with Gasteiger partial charge < -0.3 is 9.47 Å². The summed E-state index contributed by atoms with van der Waals surface area (Å²) < 4.78 is 143. The van der Waals surface area contributed by atoms with Gasteiger partial charge >= 0.3 is 12.5 Å². The van der Waals surface area contributed by atoms with Gasteiger partial charge in [0, 0.05) is 6.07 Å². The van der Waals surface area contributed by atoms with Gasteiger partial charge in [-0.2, -0.15) is 8.78 Å². The van der Waals surface area contributed by atoms with Crippen molar-refractivity contribution in [1.29, 1.82) is 0 Å². The molecular formula is C21H10F10O2. The third-order valence-electron chi connectivity index (χ3n) is 4.18. The first-order valence-electron chi connectivity index (χ1n) is 8.75. The average Bonchev–Trinajstić information content (AvgIpc) is 2.61. The molecule has 12 heteroatoms. The molecule has 0 heterocycles. The molecule has 33 heavy (non-hydrogen) atoms. The van der Waals surface area contributed by atoms with Crippen LogP contribution in [0.1, 0.15) is 11.1 Å². The Morgan fingerprint density at radius 1 is 0.636 bits per heavy atom. The Morgan fingerprint density at radius 3 is 1.67 bits per heavy atom. The fourth-order valence-electron chi connectivity index (χ4n) is 2.92. The van der Waals surface area contributed by atoms with Gasteiger partial charge in [0.1, 0.15) is 34.6 Å². The van der Waals surface area contributed by atoms with E-state index in [0.29, 0.717) is 12.1 Å². The number of benzene rings is 3. The number of rotatable bonds is 5. The van der Waals surface area contributed by atoms with Crippen LogP contribution in [0, 0.1) is 36.0 Å². The van der Waals surface area contributed by atoms with Crippen molar-refractivity contribution in [3.05, 3.63) is 82.7 Å². The van der Waals surface area contributed by atoms with Gasteiger partial charge in [-0.15, -0.1) is 13.2 Å². The zero-order chi connectivity index (χ0) is 24.7. The van der Waals surface area contributed by atoms with Crippen molar-refractivity contribution in [1.82, 2.24) is 0 Å². The molecule has 2 nitrogen and oxygen atoms in total. The van der Waals surface area contributed by atoms with E-state index in [-0.39, 0.29) is 23.8 Å². The number of ether oxygens (including phenoxy) is 2. The molecule has 3 aromatic carbocycles. The van der Waals surface area contributed by atoms with E-state index < -0.39 is 69.7 Å². The molecule has 0 aromatic heterocycles. The number of halogens is 10. The zero-order valence-corrected chi connectivity index (χ0v) is 16.1. The molecular weight excluding hydrogens is 474 g/mol. The summed E-state index contributed by atoms with van der Waals surface area (Å²) in [5.74, 6) is -10.5. The third-order valence-corrected chi connectivity index (χ3v) is 4.18. The maximum atomic E-state index is 14.4. The summed E-state index contributed by atoms with van der Waals surface area (Å²) in [6.07, 6.45) is -10.1. The van der Waals surface area contributed by atoms with E-state index in [1.54, 1.807) is 0 Å². The monoisotopic (exact) mass is 484 g/mol. The molecule has 0 fully saturated rings. The van der Waals surface area contributed by atoms with Crippen molar-refractivity contribution < 1.29 is 53.4 Å². The van der Waals surface area contributed by atoms with Crippen molar-refractivity contribution in [2.45, 2.75) is 19.4 Å². The minimum atomic E-state index is -5.27. The topological polar surface area (TPSA) is 18.5 Å². The van der Waals surface area contributed by atoms with Gasteiger partial charge in [0.05, 0.1) is 5.56 Å². The summed E-state index contributed by atoms with van der Waals surface area (Å²) >= 11 is 0. The van der Waals surface area contributed by atoms with Gasteiger partial charge in [-0.3, -0.25) is 0 Å². The molecule has 0 bridgehead atoms. The highest BCUT2D eigenvalue weighted by molar-refractivity contribution is 5.66. The second-order valence-corrected chi connectivity index (χ2v) is 6.68. The van der Waals surface area contributed by atoms with Gasteiger partial charge in [0.25, 0.3) is 0 Å². The number of alkyl halides is 5. The number of aryl methyl sites for hydroxylation is 1. The minimum Gasteiger partial charge on any atom is -0.429 e.